The summed E-state index contributed by atoms with van der Waals surface area (Å²) in [6.45, 7) is 4.53. The highest BCUT2D eigenvalue weighted by Crippen LogP contribution is 2.38. The molecule has 0 rings (SSSR count). The predicted octanol–water partition coefficient (Wildman–Crippen LogP) is 11.9. The number of aliphatic hydroxyl groups excluding tert-OH is 1. The molecule has 57 heavy (non-hydrogen) atoms. The topological polar surface area (TPSA) is 108 Å². The third-order valence-corrected chi connectivity index (χ3v) is 10.4. The van der Waals surface area contributed by atoms with Gasteiger partial charge in [0.1, 0.15) is 13.2 Å². The predicted molar refractivity (Wildman–Crippen MR) is 242 cm³/mol. The number of phosphoric ester groups is 1. The summed E-state index contributed by atoms with van der Waals surface area (Å²) in [6.07, 6.45) is 53.1. The van der Waals surface area contributed by atoms with Gasteiger partial charge in [0.25, 0.3) is 7.82 Å². The first kappa shape index (κ1) is 54.7. The van der Waals surface area contributed by atoms with Crippen molar-refractivity contribution < 1.29 is 32.9 Å². The molecule has 0 fully saturated rings. The third kappa shape index (κ3) is 41.6. The lowest BCUT2D eigenvalue weighted by Gasteiger charge is -2.30. The minimum absolute atomic E-state index is 0.000156. The second-order valence-electron chi connectivity index (χ2n) is 16.0. The maximum atomic E-state index is 12.8. The van der Waals surface area contributed by atoms with Crippen molar-refractivity contribution in [3.8, 4) is 0 Å². The number of amides is 1. The van der Waals surface area contributed by atoms with E-state index in [-0.39, 0.29) is 19.1 Å². The molecule has 0 heterocycles. The Bertz CT molecular complexity index is 1200. The number of likely N-dealkylation sites (N-methyl/N-ethyl adjacent to an activating group) is 1. The monoisotopic (exact) mass is 817 g/mol. The van der Waals surface area contributed by atoms with E-state index in [2.05, 4.69) is 104 Å². The lowest BCUT2D eigenvalue weighted by atomic mass is 10.0. The van der Waals surface area contributed by atoms with Gasteiger partial charge in [-0.15, -0.1) is 0 Å². The molecular formula is C48H85N2O6P. The fourth-order valence-corrected chi connectivity index (χ4v) is 6.56. The molecule has 2 N–H and O–H groups in total. The average molecular weight is 817 g/mol. The Morgan fingerprint density at radius 2 is 1.07 bits per heavy atom. The maximum absolute atomic E-state index is 12.8. The lowest BCUT2D eigenvalue weighted by Crippen LogP contribution is -2.46. The Morgan fingerprint density at radius 1 is 0.632 bits per heavy atom. The Hall–Kier alpha value is -2.32. The van der Waals surface area contributed by atoms with Crippen LogP contribution in [0.15, 0.2) is 85.1 Å². The SMILES string of the molecule is CC/C=C\C/C=C\C/C=C\C/C=C\C/C=C\C/C=C\C/C=C\CCCCCC(=O)NC(COP(=O)([O-])OCC[N+](C)(C)C)C(O)CCCCCCCCCCCC. The van der Waals surface area contributed by atoms with Gasteiger partial charge in [-0.25, -0.2) is 0 Å². The Kier molecular flexibility index (Phi) is 37.6. The number of quaternary nitrogens is 1. The van der Waals surface area contributed by atoms with Crippen molar-refractivity contribution in [1.82, 2.24) is 5.32 Å². The van der Waals surface area contributed by atoms with Crippen LogP contribution in [0.2, 0.25) is 0 Å². The maximum Gasteiger partial charge on any atom is 0.268 e. The molecule has 3 unspecified atom stereocenters. The number of nitrogens with zero attached hydrogens (tertiary/aromatic N) is 1. The molecule has 0 aromatic heterocycles. The van der Waals surface area contributed by atoms with Crippen molar-refractivity contribution in [2.75, 3.05) is 40.9 Å². The van der Waals surface area contributed by atoms with Gasteiger partial charge in [0, 0.05) is 6.42 Å². The van der Waals surface area contributed by atoms with Gasteiger partial charge >= 0.3 is 0 Å². The summed E-state index contributed by atoms with van der Waals surface area (Å²) < 4.78 is 23.2. The van der Waals surface area contributed by atoms with Crippen molar-refractivity contribution in [1.29, 1.82) is 0 Å². The van der Waals surface area contributed by atoms with Crippen molar-refractivity contribution in [2.24, 2.45) is 0 Å². The molecule has 0 aliphatic heterocycles. The number of carbonyl (C=O) groups excluding carboxylic acids is 1. The molecule has 328 valence electrons. The summed E-state index contributed by atoms with van der Waals surface area (Å²) in [7, 11) is 1.26. The summed E-state index contributed by atoms with van der Waals surface area (Å²) in [5.74, 6) is -0.203. The fourth-order valence-electron chi connectivity index (χ4n) is 5.84. The second-order valence-corrected chi connectivity index (χ2v) is 17.4. The van der Waals surface area contributed by atoms with Gasteiger partial charge in [-0.05, 0) is 70.6 Å². The summed E-state index contributed by atoms with van der Waals surface area (Å²) in [5, 5.41) is 13.8. The van der Waals surface area contributed by atoms with Crippen LogP contribution in [-0.2, 0) is 18.4 Å². The van der Waals surface area contributed by atoms with E-state index in [1.54, 1.807) is 0 Å². The van der Waals surface area contributed by atoms with Gasteiger partial charge in [-0.2, -0.15) is 0 Å². The third-order valence-electron chi connectivity index (χ3n) is 9.40. The molecule has 0 saturated carbocycles. The zero-order valence-corrected chi connectivity index (χ0v) is 37.9. The molecule has 1 amide bonds. The normalized spacial score (nSPS) is 15.1. The van der Waals surface area contributed by atoms with Crippen LogP contribution in [-0.4, -0.2) is 68.5 Å². The van der Waals surface area contributed by atoms with Gasteiger partial charge in [-0.1, -0.05) is 170 Å². The van der Waals surface area contributed by atoms with Crippen LogP contribution in [0.1, 0.15) is 162 Å². The number of rotatable bonds is 39. The second kappa shape index (κ2) is 39.2. The lowest BCUT2D eigenvalue weighted by molar-refractivity contribution is -0.870. The van der Waals surface area contributed by atoms with Crippen molar-refractivity contribution >= 4 is 13.7 Å². The number of hydrogen-bond acceptors (Lipinski definition) is 6. The minimum Gasteiger partial charge on any atom is -0.756 e. The first-order valence-electron chi connectivity index (χ1n) is 22.4. The minimum atomic E-state index is -4.57. The standard InChI is InChI=1S/C48H85N2O6P/c1-6-8-10-12-14-16-18-19-20-21-22-23-24-25-26-27-28-29-30-31-32-34-36-38-40-42-48(52)49-46(45-56-57(53,54)55-44-43-50(3,4)5)47(51)41-39-37-35-33-17-15-13-11-9-7-2/h8,10,14,16,19-20,22-23,25-26,28-29,31-32,46-47,51H,6-7,9,11-13,15,17-18,21,24,27,30,33-45H2,1-5H3,(H-,49,52,53,54)/b10-8-,16-14-,20-19-,23-22-,26-25-,29-28-,32-31-. The highest BCUT2D eigenvalue weighted by molar-refractivity contribution is 7.45. The number of nitrogens with one attached hydrogen (secondary N) is 1. The molecule has 0 radical (unpaired) electrons. The van der Waals surface area contributed by atoms with Crippen molar-refractivity contribution in [3.63, 3.8) is 0 Å². The van der Waals surface area contributed by atoms with Crippen LogP contribution in [0, 0.1) is 0 Å². The van der Waals surface area contributed by atoms with Gasteiger partial charge in [-0.3, -0.25) is 9.36 Å². The zero-order chi connectivity index (χ0) is 42.1. The molecule has 3 atom stereocenters. The summed E-state index contributed by atoms with van der Waals surface area (Å²) in [5.41, 5.74) is 0. The van der Waals surface area contributed by atoms with Crippen LogP contribution in [0.5, 0.6) is 0 Å². The zero-order valence-electron chi connectivity index (χ0n) is 37.0. The number of hydrogen-bond donors (Lipinski definition) is 2. The molecule has 0 spiro atoms. The fraction of sp³-hybridized carbons (Fsp3) is 0.688. The molecule has 0 aromatic carbocycles. The summed E-state index contributed by atoms with van der Waals surface area (Å²) in [6, 6.07) is -0.822. The quantitative estimate of drug-likeness (QED) is 0.0277. The van der Waals surface area contributed by atoms with E-state index < -0.39 is 20.0 Å². The average Bonchev–Trinajstić information content (AvgIpc) is 3.16. The Morgan fingerprint density at radius 3 is 1.54 bits per heavy atom. The largest absolute Gasteiger partial charge is 0.756 e. The van der Waals surface area contributed by atoms with Gasteiger partial charge in [0.15, 0.2) is 0 Å². The summed E-state index contributed by atoms with van der Waals surface area (Å²) in [4.78, 5) is 25.3. The Balaban J connectivity index is 4.37. The highest BCUT2D eigenvalue weighted by atomic mass is 31.2. The Labute approximate surface area is 350 Å². The van der Waals surface area contributed by atoms with E-state index in [4.69, 9.17) is 9.05 Å². The number of unbranched alkanes of at least 4 members (excludes halogenated alkanes) is 12. The molecular weight excluding hydrogens is 732 g/mol. The van der Waals surface area contributed by atoms with Crippen LogP contribution < -0.4 is 10.2 Å². The van der Waals surface area contributed by atoms with E-state index in [1.165, 1.54) is 44.9 Å². The first-order valence-corrected chi connectivity index (χ1v) is 23.9. The van der Waals surface area contributed by atoms with E-state index in [0.29, 0.717) is 23.9 Å². The van der Waals surface area contributed by atoms with Crippen LogP contribution in [0.25, 0.3) is 0 Å². The van der Waals surface area contributed by atoms with E-state index in [0.717, 1.165) is 89.9 Å². The summed E-state index contributed by atoms with van der Waals surface area (Å²) >= 11 is 0. The van der Waals surface area contributed by atoms with E-state index in [9.17, 15) is 19.4 Å². The van der Waals surface area contributed by atoms with Crippen molar-refractivity contribution in [3.05, 3.63) is 85.1 Å². The van der Waals surface area contributed by atoms with Crippen LogP contribution >= 0.6 is 7.82 Å². The van der Waals surface area contributed by atoms with Gasteiger partial charge in [0.2, 0.25) is 5.91 Å². The molecule has 9 heteroatoms. The molecule has 0 saturated heterocycles. The smallest absolute Gasteiger partial charge is 0.268 e. The van der Waals surface area contributed by atoms with Crippen LogP contribution in [0.3, 0.4) is 0 Å². The first-order chi connectivity index (χ1) is 27.5. The van der Waals surface area contributed by atoms with E-state index in [1.807, 2.05) is 21.1 Å². The molecule has 8 nitrogen and oxygen atoms in total. The number of carbonyl (C=O) groups is 1. The van der Waals surface area contributed by atoms with E-state index >= 15 is 0 Å². The molecule has 0 aliphatic rings. The van der Waals surface area contributed by atoms with Gasteiger partial charge < -0.3 is 28.8 Å². The molecule has 0 aromatic rings. The van der Waals surface area contributed by atoms with Gasteiger partial charge in [0.05, 0.1) is 39.9 Å². The molecule has 0 aliphatic carbocycles. The number of phosphoric acid groups is 1. The molecule has 0 bridgehead atoms. The van der Waals surface area contributed by atoms with Crippen LogP contribution in [0.4, 0.5) is 0 Å². The number of allylic oxidation sites excluding steroid dienone is 14. The number of aliphatic hydroxyl groups is 1. The van der Waals surface area contributed by atoms with Crippen molar-refractivity contribution in [2.45, 2.75) is 174 Å². The highest BCUT2D eigenvalue weighted by Gasteiger charge is 2.24.